The predicted molar refractivity (Wildman–Crippen MR) is 80.1 cm³/mol. The fourth-order valence-corrected chi connectivity index (χ4v) is 2.62. The number of benzene rings is 1. The van der Waals surface area contributed by atoms with Gasteiger partial charge in [0, 0.05) is 11.9 Å². The highest BCUT2D eigenvalue weighted by atomic mass is 14.7. The molecule has 20 heavy (non-hydrogen) atoms. The summed E-state index contributed by atoms with van der Waals surface area (Å²) in [5.74, 6) is 0. The SMILES string of the molecule is Cc1cnc2c(c1)C=C(Cc1ccc(C#N)cc1)CC2. The van der Waals surface area contributed by atoms with Gasteiger partial charge in [0.25, 0.3) is 0 Å². The van der Waals surface area contributed by atoms with Crippen LogP contribution in [-0.2, 0) is 12.8 Å². The van der Waals surface area contributed by atoms with Crippen molar-refractivity contribution in [3.8, 4) is 6.07 Å². The molecule has 1 heterocycles. The lowest BCUT2D eigenvalue weighted by atomic mass is 9.91. The lowest BCUT2D eigenvalue weighted by Crippen LogP contribution is -2.04. The van der Waals surface area contributed by atoms with Crippen molar-refractivity contribution >= 4 is 6.08 Å². The Hall–Kier alpha value is -2.40. The normalized spacial score (nSPS) is 13.3. The maximum Gasteiger partial charge on any atom is 0.0991 e. The number of aromatic nitrogens is 1. The van der Waals surface area contributed by atoms with E-state index < -0.39 is 0 Å². The van der Waals surface area contributed by atoms with E-state index in [0.29, 0.717) is 0 Å². The monoisotopic (exact) mass is 260 g/mol. The molecule has 2 nitrogen and oxygen atoms in total. The number of pyridine rings is 1. The molecule has 0 fully saturated rings. The number of nitrogens with zero attached hydrogens (tertiary/aromatic N) is 2. The van der Waals surface area contributed by atoms with Gasteiger partial charge in [0.05, 0.1) is 11.6 Å². The summed E-state index contributed by atoms with van der Waals surface area (Å²) in [6.07, 6.45) is 7.27. The Labute approximate surface area is 119 Å². The largest absolute Gasteiger partial charge is 0.260 e. The Balaban J connectivity index is 1.83. The maximum atomic E-state index is 8.82. The molecule has 98 valence electrons. The molecule has 2 aromatic rings. The van der Waals surface area contributed by atoms with Crippen molar-refractivity contribution < 1.29 is 0 Å². The predicted octanol–water partition coefficient (Wildman–Crippen LogP) is 3.83. The van der Waals surface area contributed by atoms with Gasteiger partial charge in [-0.2, -0.15) is 5.26 Å². The maximum absolute atomic E-state index is 8.82. The van der Waals surface area contributed by atoms with Crippen LogP contribution < -0.4 is 0 Å². The topological polar surface area (TPSA) is 36.7 Å². The minimum absolute atomic E-state index is 0.719. The summed E-state index contributed by atoms with van der Waals surface area (Å²) in [7, 11) is 0. The Bertz CT molecular complexity index is 703. The van der Waals surface area contributed by atoms with Gasteiger partial charge in [-0.05, 0) is 61.1 Å². The average Bonchev–Trinajstić information content (AvgIpc) is 2.47. The molecule has 1 aromatic carbocycles. The number of allylic oxidation sites excluding steroid dienone is 1. The van der Waals surface area contributed by atoms with E-state index in [1.54, 1.807) is 0 Å². The third-order valence-corrected chi connectivity index (χ3v) is 3.70. The molecule has 0 atom stereocenters. The first-order chi connectivity index (χ1) is 9.74. The highest BCUT2D eigenvalue weighted by Crippen LogP contribution is 2.25. The molecule has 2 heteroatoms. The minimum Gasteiger partial charge on any atom is -0.260 e. The molecule has 0 saturated heterocycles. The molecule has 0 N–H and O–H groups in total. The molecule has 1 aliphatic rings. The van der Waals surface area contributed by atoms with Crippen LogP contribution in [0.1, 0.15) is 34.4 Å². The van der Waals surface area contributed by atoms with Gasteiger partial charge in [-0.25, -0.2) is 0 Å². The summed E-state index contributed by atoms with van der Waals surface area (Å²) < 4.78 is 0. The van der Waals surface area contributed by atoms with Crippen molar-refractivity contribution in [1.29, 1.82) is 5.26 Å². The van der Waals surface area contributed by atoms with Crippen LogP contribution in [-0.4, -0.2) is 4.98 Å². The van der Waals surface area contributed by atoms with Gasteiger partial charge >= 0.3 is 0 Å². The Morgan fingerprint density at radius 2 is 2.00 bits per heavy atom. The highest BCUT2D eigenvalue weighted by Gasteiger charge is 2.12. The fraction of sp³-hybridized carbons (Fsp3) is 0.222. The van der Waals surface area contributed by atoms with Crippen molar-refractivity contribution in [2.45, 2.75) is 26.2 Å². The van der Waals surface area contributed by atoms with E-state index in [1.165, 1.54) is 28.0 Å². The summed E-state index contributed by atoms with van der Waals surface area (Å²) in [5, 5.41) is 8.82. The number of hydrogen-bond acceptors (Lipinski definition) is 2. The number of nitriles is 1. The first-order valence-electron chi connectivity index (χ1n) is 6.88. The zero-order valence-electron chi connectivity index (χ0n) is 11.6. The van der Waals surface area contributed by atoms with Crippen molar-refractivity contribution in [3.05, 3.63) is 70.0 Å². The van der Waals surface area contributed by atoms with Crippen LogP contribution in [0.25, 0.3) is 6.08 Å². The molecule has 0 bridgehead atoms. The van der Waals surface area contributed by atoms with Crippen LogP contribution in [0.2, 0.25) is 0 Å². The Kier molecular flexibility index (Phi) is 3.35. The molecule has 0 saturated carbocycles. The smallest absolute Gasteiger partial charge is 0.0991 e. The van der Waals surface area contributed by atoms with Crippen LogP contribution in [0, 0.1) is 18.3 Å². The quantitative estimate of drug-likeness (QED) is 0.822. The Morgan fingerprint density at radius 1 is 1.20 bits per heavy atom. The van der Waals surface area contributed by atoms with Crippen LogP contribution in [0.15, 0.2) is 42.1 Å². The summed E-state index contributed by atoms with van der Waals surface area (Å²) in [4.78, 5) is 4.50. The third kappa shape index (κ3) is 2.62. The molecule has 0 amide bonds. The van der Waals surface area contributed by atoms with E-state index in [-0.39, 0.29) is 0 Å². The number of aryl methyl sites for hydroxylation is 2. The molecule has 0 aliphatic heterocycles. The number of rotatable bonds is 2. The lowest BCUT2D eigenvalue weighted by molar-refractivity contribution is 0.853. The first-order valence-corrected chi connectivity index (χ1v) is 6.88. The van der Waals surface area contributed by atoms with Crippen molar-refractivity contribution in [1.82, 2.24) is 4.98 Å². The van der Waals surface area contributed by atoms with Gasteiger partial charge in [-0.1, -0.05) is 23.8 Å². The van der Waals surface area contributed by atoms with Gasteiger partial charge in [0.15, 0.2) is 0 Å². The van der Waals surface area contributed by atoms with Gasteiger partial charge in [0.1, 0.15) is 0 Å². The van der Waals surface area contributed by atoms with Crippen LogP contribution in [0.3, 0.4) is 0 Å². The van der Waals surface area contributed by atoms with Gasteiger partial charge in [-0.3, -0.25) is 4.98 Å². The molecular weight excluding hydrogens is 244 g/mol. The summed E-state index contributed by atoms with van der Waals surface area (Å²) in [6.45, 7) is 2.08. The number of fused-ring (bicyclic) bond motifs is 1. The van der Waals surface area contributed by atoms with Gasteiger partial charge < -0.3 is 0 Å². The Morgan fingerprint density at radius 3 is 2.75 bits per heavy atom. The van der Waals surface area contributed by atoms with Crippen LogP contribution in [0.5, 0.6) is 0 Å². The van der Waals surface area contributed by atoms with E-state index in [0.717, 1.165) is 24.8 Å². The molecular formula is C18H16N2. The third-order valence-electron chi connectivity index (χ3n) is 3.70. The molecule has 1 aliphatic carbocycles. The second-order valence-electron chi connectivity index (χ2n) is 5.34. The second kappa shape index (κ2) is 5.30. The zero-order chi connectivity index (χ0) is 13.9. The fourth-order valence-electron chi connectivity index (χ4n) is 2.62. The summed E-state index contributed by atoms with van der Waals surface area (Å²) in [6, 6.07) is 12.2. The highest BCUT2D eigenvalue weighted by molar-refractivity contribution is 5.59. The molecule has 1 aromatic heterocycles. The van der Waals surface area contributed by atoms with E-state index in [2.05, 4.69) is 30.1 Å². The van der Waals surface area contributed by atoms with E-state index in [4.69, 9.17) is 5.26 Å². The lowest BCUT2D eigenvalue weighted by Gasteiger charge is -2.16. The summed E-state index contributed by atoms with van der Waals surface area (Å²) >= 11 is 0. The van der Waals surface area contributed by atoms with E-state index in [1.807, 2.05) is 30.5 Å². The molecule has 3 rings (SSSR count). The van der Waals surface area contributed by atoms with Crippen molar-refractivity contribution in [2.75, 3.05) is 0 Å². The van der Waals surface area contributed by atoms with Gasteiger partial charge in [-0.15, -0.1) is 0 Å². The van der Waals surface area contributed by atoms with E-state index in [9.17, 15) is 0 Å². The average molecular weight is 260 g/mol. The van der Waals surface area contributed by atoms with Gasteiger partial charge in [0.2, 0.25) is 0 Å². The van der Waals surface area contributed by atoms with Crippen LogP contribution >= 0.6 is 0 Å². The van der Waals surface area contributed by atoms with Crippen molar-refractivity contribution in [2.24, 2.45) is 0 Å². The zero-order valence-corrected chi connectivity index (χ0v) is 11.6. The van der Waals surface area contributed by atoms with Crippen molar-refractivity contribution in [3.63, 3.8) is 0 Å². The first kappa shape index (κ1) is 12.6. The second-order valence-corrected chi connectivity index (χ2v) is 5.34. The summed E-state index contributed by atoms with van der Waals surface area (Å²) in [5.41, 5.74) is 7.10. The minimum atomic E-state index is 0.719. The molecule has 0 spiro atoms. The van der Waals surface area contributed by atoms with Crippen LogP contribution in [0.4, 0.5) is 0 Å². The van der Waals surface area contributed by atoms with E-state index >= 15 is 0 Å². The molecule has 0 radical (unpaired) electrons. The standard InChI is InChI=1S/C18H16N2/c1-13-8-17-10-16(6-7-18(17)20-12-13)9-14-2-4-15(11-19)5-3-14/h2-5,8,10,12H,6-7,9H2,1H3. The number of hydrogen-bond donors (Lipinski definition) is 0. The molecule has 0 unspecified atom stereocenters.